The van der Waals surface area contributed by atoms with Gasteiger partial charge in [0, 0.05) is 13.6 Å². The number of methoxy groups -OCH3 is 1. The second-order valence-electron chi connectivity index (χ2n) is 7.39. The van der Waals surface area contributed by atoms with Crippen LogP contribution in [0.1, 0.15) is 42.9 Å². The van der Waals surface area contributed by atoms with E-state index < -0.39 is 0 Å². The lowest BCUT2D eigenvalue weighted by Gasteiger charge is -2.28. The second kappa shape index (κ2) is 8.95. The Bertz CT molecular complexity index is 804. The van der Waals surface area contributed by atoms with Crippen LogP contribution in [0.3, 0.4) is 0 Å². The van der Waals surface area contributed by atoms with E-state index in [9.17, 15) is 14.3 Å². The van der Waals surface area contributed by atoms with Crippen LogP contribution in [0.4, 0.5) is 9.18 Å². The van der Waals surface area contributed by atoms with E-state index in [1.165, 1.54) is 19.2 Å². The molecule has 1 aliphatic rings. The fraction of sp³-hybridized carbons (Fsp3) is 0.409. The first-order chi connectivity index (χ1) is 13.5. The molecule has 0 spiro atoms. The predicted octanol–water partition coefficient (Wildman–Crippen LogP) is 4.61. The zero-order chi connectivity index (χ0) is 20.1. The topological polar surface area (TPSA) is 61.8 Å². The molecule has 1 aliphatic carbocycles. The molecule has 150 valence electrons. The number of ether oxygens (including phenoxy) is 1. The minimum absolute atomic E-state index is 0.0453. The molecule has 1 atom stereocenters. The summed E-state index contributed by atoms with van der Waals surface area (Å²) >= 11 is 0. The van der Waals surface area contributed by atoms with Crippen molar-refractivity contribution in [2.75, 3.05) is 14.2 Å². The first-order valence-electron chi connectivity index (χ1n) is 9.61. The molecule has 2 aromatic carbocycles. The number of hydrogen-bond donors (Lipinski definition) is 2. The number of phenols is 1. The number of halogens is 1. The Hall–Kier alpha value is -2.76. The third-order valence-corrected chi connectivity index (χ3v) is 5.39. The van der Waals surface area contributed by atoms with Gasteiger partial charge in [0.05, 0.1) is 13.2 Å². The van der Waals surface area contributed by atoms with Crippen molar-refractivity contribution in [3.8, 4) is 11.5 Å². The third kappa shape index (κ3) is 4.74. The quantitative estimate of drug-likeness (QED) is 0.762. The molecule has 1 fully saturated rings. The third-order valence-electron chi connectivity index (χ3n) is 5.39. The van der Waals surface area contributed by atoms with Crippen molar-refractivity contribution in [2.24, 2.45) is 5.92 Å². The van der Waals surface area contributed by atoms with Gasteiger partial charge in [-0.15, -0.1) is 0 Å². The number of benzene rings is 2. The number of nitrogens with zero attached hydrogens (tertiary/aromatic N) is 1. The lowest BCUT2D eigenvalue weighted by Crippen LogP contribution is -2.41. The maximum atomic E-state index is 13.3. The smallest absolute Gasteiger partial charge is 0.317 e. The highest BCUT2D eigenvalue weighted by atomic mass is 19.1. The lowest BCUT2D eigenvalue weighted by molar-refractivity contribution is 0.197. The molecule has 0 saturated heterocycles. The molecular formula is C22H27FN2O3. The van der Waals surface area contributed by atoms with Gasteiger partial charge in [-0.3, -0.25) is 0 Å². The van der Waals surface area contributed by atoms with Crippen molar-refractivity contribution >= 4 is 6.03 Å². The molecular weight excluding hydrogens is 359 g/mol. The minimum atomic E-state index is -0.281. The SMILES string of the molecule is COc1ccc(CN(C)C(=O)NC(c2ccc(F)cc2)C2CCCC2)cc1O. The highest BCUT2D eigenvalue weighted by Gasteiger charge is 2.28. The largest absolute Gasteiger partial charge is 0.504 e. The van der Waals surface area contributed by atoms with Crippen LogP contribution in [0.5, 0.6) is 11.5 Å². The maximum absolute atomic E-state index is 13.3. The number of carbonyl (C=O) groups is 1. The van der Waals surface area contributed by atoms with E-state index in [1.807, 2.05) is 6.07 Å². The van der Waals surface area contributed by atoms with Crippen LogP contribution in [0.2, 0.25) is 0 Å². The molecule has 5 nitrogen and oxygen atoms in total. The van der Waals surface area contributed by atoms with Gasteiger partial charge in [0.2, 0.25) is 0 Å². The van der Waals surface area contributed by atoms with Crippen molar-refractivity contribution in [2.45, 2.75) is 38.3 Å². The van der Waals surface area contributed by atoms with E-state index in [-0.39, 0.29) is 23.6 Å². The summed E-state index contributed by atoms with van der Waals surface area (Å²) in [7, 11) is 3.21. The summed E-state index contributed by atoms with van der Waals surface area (Å²) in [6.45, 7) is 0.351. The van der Waals surface area contributed by atoms with Crippen LogP contribution in [-0.2, 0) is 6.54 Å². The van der Waals surface area contributed by atoms with Gasteiger partial charge >= 0.3 is 6.03 Å². The fourth-order valence-corrected chi connectivity index (χ4v) is 3.86. The zero-order valence-electron chi connectivity index (χ0n) is 16.3. The molecule has 2 amide bonds. The number of aromatic hydroxyl groups is 1. The van der Waals surface area contributed by atoms with Crippen molar-refractivity contribution < 1.29 is 19.0 Å². The maximum Gasteiger partial charge on any atom is 0.317 e. The molecule has 28 heavy (non-hydrogen) atoms. The van der Waals surface area contributed by atoms with Gasteiger partial charge in [-0.05, 0) is 54.2 Å². The fourth-order valence-electron chi connectivity index (χ4n) is 3.86. The van der Waals surface area contributed by atoms with E-state index >= 15 is 0 Å². The summed E-state index contributed by atoms with van der Waals surface area (Å²) in [5.74, 6) is 0.516. The Labute approximate surface area is 165 Å². The highest BCUT2D eigenvalue weighted by Crippen LogP contribution is 2.36. The first-order valence-corrected chi connectivity index (χ1v) is 9.61. The highest BCUT2D eigenvalue weighted by molar-refractivity contribution is 5.74. The van der Waals surface area contributed by atoms with Crippen LogP contribution >= 0.6 is 0 Å². The number of nitrogens with one attached hydrogen (secondary N) is 1. The van der Waals surface area contributed by atoms with E-state index in [4.69, 9.17) is 4.74 Å². The Morgan fingerprint density at radius 1 is 1.25 bits per heavy atom. The number of hydrogen-bond acceptors (Lipinski definition) is 3. The average molecular weight is 386 g/mol. The van der Waals surface area contributed by atoms with Crippen molar-refractivity contribution in [1.82, 2.24) is 10.2 Å². The molecule has 0 bridgehead atoms. The molecule has 1 unspecified atom stereocenters. The van der Waals surface area contributed by atoms with Crippen LogP contribution < -0.4 is 10.1 Å². The van der Waals surface area contributed by atoms with Crippen molar-refractivity contribution in [1.29, 1.82) is 0 Å². The summed E-state index contributed by atoms with van der Waals surface area (Å²) < 4.78 is 18.4. The minimum Gasteiger partial charge on any atom is -0.504 e. The van der Waals surface area contributed by atoms with Crippen molar-refractivity contribution in [3.05, 3.63) is 59.4 Å². The first kappa shape index (κ1) is 20.0. The predicted molar refractivity (Wildman–Crippen MR) is 106 cm³/mol. The summed E-state index contributed by atoms with van der Waals surface area (Å²) in [4.78, 5) is 14.4. The van der Waals surface area contributed by atoms with E-state index in [1.54, 1.807) is 36.2 Å². The zero-order valence-corrected chi connectivity index (χ0v) is 16.3. The number of carbonyl (C=O) groups excluding carboxylic acids is 1. The molecule has 6 heteroatoms. The standard InChI is InChI=1S/C22H27FN2O3/c1-25(14-15-7-12-20(28-2)19(26)13-15)22(27)24-21(16-5-3-4-6-16)17-8-10-18(23)11-9-17/h7-13,16,21,26H,3-6,14H2,1-2H3,(H,24,27). The van der Waals surface area contributed by atoms with Crippen LogP contribution in [-0.4, -0.2) is 30.2 Å². The number of rotatable bonds is 6. The summed E-state index contributed by atoms with van der Waals surface area (Å²) in [6.07, 6.45) is 4.41. The van der Waals surface area contributed by atoms with E-state index in [0.717, 1.165) is 36.8 Å². The second-order valence-corrected chi connectivity index (χ2v) is 7.39. The van der Waals surface area contributed by atoms with Gasteiger partial charge in [-0.2, -0.15) is 0 Å². The van der Waals surface area contributed by atoms with Gasteiger partial charge in [-0.1, -0.05) is 31.0 Å². The lowest BCUT2D eigenvalue weighted by atomic mass is 9.91. The Morgan fingerprint density at radius 3 is 2.54 bits per heavy atom. The molecule has 0 radical (unpaired) electrons. The van der Waals surface area contributed by atoms with E-state index in [0.29, 0.717) is 18.2 Å². The summed E-state index contributed by atoms with van der Waals surface area (Å²) in [5, 5.41) is 13.1. The Balaban J connectivity index is 1.70. The van der Waals surface area contributed by atoms with Gasteiger partial charge in [0.25, 0.3) is 0 Å². The average Bonchev–Trinajstić information content (AvgIpc) is 3.21. The summed E-state index contributed by atoms with van der Waals surface area (Å²) in [6, 6.07) is 11.1. The van der Waals surface area contributed by atoms with Crippen molar-refractivity contribution in [3.63, 3.8) is 0 Å². The van der Waals surface area contributed by atoms with Gasteiger partial charge in [0.15, 0.2) is 11.5 Å². The number of urea groups is 1. The molecule has 2 aromatic rings. The van der Waals surface area contributed by atoms with Crippen LogP contribution in [0.25, 0.3) is 0 Å². The Kier molecular flexibility index (Phi) is 6.39. The monoisotopic (exact) mass is 386 g/mol. The molecule has 0 heterocycles. The molecule has 0 aliphatic heterocycles. The normalized spacial score (nSPS) is 15.2. The van der Waals surface area contributed by atoms with Gasteiger partial charge in [-0.25, -0.2) is 9.18 Å². The number of phenolic OH excluding ortho intramolecular Hbond substituents is 1. The molecule has 1 saturated carbocycles. The number of amides is 2. The van der Waals surface area contributed by atoms with E-state index in [2.05, 4.69) is 5.32 Å². The molecule has 2 N–H and O–H groups in total. The summed E-state index contributed by atoms with van der Waals surface area (Å²) in [5.41, 5.74) is 1.73. The molecule has 0 aromatic heterocycles. The van der Waals surface area contributed by atoms with Crippen LogP contribution in [0, 0.1) is 11.7 Å². The molecule has 3 rings (SSSR count). The van der Waals surface area contributed by atoms with Crippen LogP contribution in [0.15, 0.2) is 42.5 Å². The Morgan fingerprint density at radius 2 is 1.93 bits per heavy atom. The van der Waals surface area contributed by atoms with Gasteiger partial charge in [0.1, 0.15) is 5.82 Å². The van der Waals surface area contributed by atoms with Gasteiger partial charge < -0.3 is 20.1 Å².